The molecule has 0 saturated heterocycles. The molecule has 1 aromatic carbocycles. The van der Waals surface area contributed by atoms with Crippen molar-refractivity contribution < 1.29 is 0 Å². The van der Waals surface area contributed by atoms with Crippen LogP contribution in [0, 0.1) is 0 Å². The Labute approximate surface area is 105 Å². The molecule has 0 amide bonds. The lowest BCUT2D eigenvalue weighted by atomic mass is 10.1. The zero-order valence-electron chi connectivity index (χ0n) is 10.4. The number of rotatable bonds is 4. The second-order valence-corrected chi connectivity index (χ2v) is 6.98. The molecule has 1 aliphatic heterocycles. The lowest BCUT2D eigenvalue weighted by Gasteiger charge is -2.29. The van der Waals surface area contributed by atoms with Gasteiger partial charge in [0.1, 0.15) is 0 Å². The topological polar surface area (TPSA) is 12.0 Å². The Morgan fingerprint density at radius 2 is 2.00 bits per heavy atom. The predicted octanol–water partition coefficient (Wildman–Crippen LogP) is 4.07. The predicted molar refractivity (Wildman–Crippen MR) is 79.9 cm³/mol. The molecule has 2 heteroatoms. The van der Waals surface area contributed by atoms with Crippen LogP contribution in [0.25, 0.3) is 5.57 Å². The van der Waals surface area contributed by atoms with E-state index in [0.29, 0.717) is 0 Å². The first-order valence-electron chi connectivity index (χ1n) is 5.85. The van der Waals surface area contributed by atoms with E-state index >= 15 is 0 Å². The van der Waals surface area contributed by atoms with E-state index in [1.165, 1.54) is 11.1 Å². The average molecular weight is 245 g/mol. The first kappa shape index (κ1) is 12.2. The molecule has 1 aromatic rings. The summed E-state index contributed by atoms with van der Waals surface area (Å²) in [5, 5.41) is 4.72. The molecular formula is C15H19NS. The molecule has 1 heterocycles. The number of benzene rings is 1. The minimum atomic E-state index is -0.938. The fourth-order valence-corrected chi connectivity index (χ4v) is 4.14. The van der Waals surface area contributed by atoms with Crippen LogP contribution < -0.4 is 4.72 Å². The molecule has 0 saturated carbocycles. The summed E-state index contributed by atoms with van der Waals surface area (Å²) in [5.74, 6) is 1.08. The second kappa shape index (κ2) is 5.39. The maximum Gasteiger partial charge on any atom is 0.0142 e. The summed E-state index contributed by atoms with van der Waals surface area (Å²) >= 11 is 0. The third-order valence-electron chi connectivity index (χ3n) is 2.92. The van der Waals surface area contributed by atoms with Crippen LogP contribution in [0.4, 0.5) is 0 Å². The molecule has 0 aliphatic carbocycles. The zero-order chi connectivity index (χ0) is 12.1. The van der Waals surface area contributed by atoms with Crippen LogP contribution in [0.2, 0.25) is 0 Å². The smallest absolute Gasteiger partial charge is 0.0142 e. The van der Waals surface area contributed by atoms with Gasteiger partial charge >= 0.3 is 0 Å². The van der Waals surface area contributed by atoms with Crippen LogP contribution in [0.15, 0.2) is 59.4 Å². The van der Waals surface area contributed by atoms with Crippen molar-refractivity contribution >= 4 is 15.8 Å². The summed E-state index contributed by atoms with van der Waals surface area (Å²) < 4.78 is 3.48. The Bertz CT molecular complexity index is 459. The first-order valence-corrected chi connectivity index (χ1v) is 7.78. The Morgan fingerprint density at radius 3 is 2.65 bits per heavy atom. The molecule has 1 nitrogen and oxygen atoms in total. The van der Waals surface area contributed by atoms with Gasteiger partial charge in [0.25, 0.3) is 0 Å². The molecule has 0 spiro atoms. The molecular weight excluding hydrogens is 226 g/mol. The molecule has 1 unspecified atom stereocenters. The highest BCUT2D eigenvalue weighted by Gasteiger charge is 2.20. The molecule has 90 valence electrons. The largest absolute Gasteiger partial charge is 0.277 e. The van der Waals surface area contributed by atoms with Gasteiger partial charge in [0.05, 0.1) is 0 Å². The van der Waals surface area contributed by atoms with E-state index in [1.54, 1.807) is 0 Å². The minimum absolute atomic E-state index is 0.938. The molecule has 17 heavy (non-hydrogen) atoms. The highest BCUT2D eigenvalue weighted by molar-refractivity contribution is 8.37. The lowest BCUT2D eigenvalue weighted by Crippen LogP contribution is -2.12. The Kier molecular flexibility index (Phi) is 3.87. The van der Waals surface area contributed by atoms with E-state index in [4.69, 9.17) is 0 Å². The molecule has 0 bridgehead atoms. The average Bonchev–Trinajstić information content (AvgIpc) is 2.83. The summed E-state index contributed by atoms with van der Waals surface area (Å²) in [6.45, 7) is 2.07. The van der Waals surface area contributed by atoms with E-state index in [0.717, 1.165) is 5.75 Å². The van der Waals surface area contributed by atoms with Crippen LogP contribution >= 0.6 is 10.2 Å². The van der Waals surface area contributed by atoms with Crippen LogP contribution in [0.1, 0.15) is 12.5 Å². The summed E-state index contributed by atoms with van der Waals surface area (Å²) in [7, 11) is 1.11. The highest BCUT2D eigenvalue weighted by Crippen LogP contribution is 2.53. The van der Waals surface area contributed by atoms with E-state index in [-0.39, 0.29) is 0 Å². The summed E-state index contributed by atoms with van der Waals surface area (Å²) in [4.78, 5) is 0. The Morgan fingerprint density at radius 1 is 1.24 bits per heavy atom. The first-order chi connectivity index (χ1) is 8.29. The maximum atomic E-state index is 3.48. The van der Waals surface area contributed by atoms with Gasteiger partial charge in [-0.25, -0.2) is 0 Å². The summed E-state index contributed by atoms with van der Waals surface area (Å²) in [6, 6.07) is 10.6. The van der Waals surface area contributed by atoms with E-state index in [2.05, 4.69) is 71.0 Å². The lowest BCUT2D eigenvalue weighted by molar-refractivity contribution is 1.27. The van der Waals surface area contributed by atoms with Gasteiger partial charge in [-0.05, 0) is 42.0 Å². The molecule has 1 aliphatic rings. The van der Waals surface area contributed by atoms with Crippen molar-refractivity contribution in [3.63, 3.8) is 0 Å². The quantitative estimate of drug-likeness (QED) is 0.788. The number of hydrogen-bond acceptors (Lipinski definition) is 1. The van der Waals surface area contributed by atoms with Crippen molar-refractivity contribution in [3.8, 4) is 0 Å². The van der Waals surface area contributed by atoms with E-state index < -0.39 is 10.2 Å². The Balaban J connectivity index is 2.26. The normalized spacial score (nSPS) is 27.1. The van der Waals surface area contributed by atoms with Gasteiger partial charge in [0, 0.05) is 5.75 Å². The standard InChI is InChI=1S/C15H19NS/c1-3-4-11-17(16-2)12-10-15(13-17)14-8-6-5-7-9-14/h3-10,12-13,16H,11H2,1-2H3. The van der Waals surface area contributed by atoms with E-state index in [1.807, 2.05) is 7.05 Å². The second-order valence-electron chi connectivity index (χ2n) is 4.03. The van der Waals surface area contributed by atoms with Gasteiger partial charge in [0.2, 0.25) is 0 Å². The molecule has 0 radical (unpaired) electrons. The van der Waals surface area contributed by atoms with Gasteiger partial charge in [-0.2, -0.15) is 0 Å². The summed E-state index contributed by atoms with van der Waals surface area (Å²) in [5.41, 5.74) is 2.63. The Hall–Kier alpha value is -1.25. The van der Waals surface area contributed by atoms with Crippen LogP contribution in [-0.4, -0.2) is 12.8 Å². The third kappa shape index (κ3) is 2.71. The molecule has 1 atom stereocenters. The zero-order valence-corrected chi connectivity index (χ0v) is 11.2. The highest BCUT2D eigenvalue weighted by atomic mass is 32.3. The van der Waals surface area contributed by atoms with Crippen LogP contribution in [0.3, 0.4) is 0 Å². The molecule has 1 N–H and O–H groups in total. The van der Waals surface area contributed by atoms with Gasteiger partial charge < -0.3 is 0 Å². The fourth-order valence-electron chi connectivity index (χ4n) is 1.86. The van der Waals surface area contributed by atoms with Gasteiger partial charge in [-0.1, -0.05) is 42.5 Å². The molecule has 0 fully saturated rings. The summed E-state index contributed by atoms with van der Waals surface area (Å²) in [6.07, 6.45) is 6.60. The van der Waals surface area contributed by atoms with Crippen molar-refractivity contribution in [3.05, 3.63) is 64.9 Å². The maximum absolute atomic E-state index is 3.48. The van der Waals surface area contributed by atoms with Crippen LogP contribution in [-0.2, 0) is 0 Å². The molecule has 0 aromatic heterocycles. The number of nitrogens with one attached hydrogen (secondary N) is 1. The van der Waals surface area contributed by atoms with Crippen molar-refractivity contribution in [1.82, 2.24) is 4.72 Å². The van der Waals surface area contributed by atoms with Gasteiger partial charge in [0.15, 0.2) is 0 Å². The van der Waals surface area contributed by atoms with E-state index in [9.17, 15) is 0 Å². The van der Waals surface area contributed by atoms with Gasteiger partial charge in [-0.15, -0.1) is 10.2 Å². The SMILES string of the molecule is CC=CCS1(NC)C=CC(c2ccccc2)=C1. The van der Waals surface area contributed by atoms with Gasteiger partial charge in [-0.3, -0.25) is 4.72 Å². The van der Waals surface area contributed by atoms with Crippen molar-refractivity contribution in [2.75, 3.05) is 12.8 Å². The van der Waals surface area contributed by atoms with Crippen LogP contribution in [0.5, 0.6) is 0 Å². The van der Waals surface area contributed by atoms with Crippen molar-refractivity contribution in [2.45, 2.75) is 6.92 Å². The molecule has 2 rings (SSSR count). The minimum Gasteiger partial charge on any atom is -0.277 e. The number of hydrogen-bond donors (Lipinski definition) is 1. The van der Waals surface area contributed by atoms with Crippen molar-refractivity contribution in [2.24, 2.45) is 0 Å². The fraction of sp³-hybridized carbons (Fsp3) is 0.200. The third-order valence-corrected chi connectivity index (χ3v) is 5.72. The number of allylic oxidation sites excluding steroid dienone is 3. The van der Waals surface area contributed by atoms with Crippen molar-refractivity contribution in [1.29, 1.82) is 0 Å². The monoisotopic (exact) mass is 245 g/mol.